The molecule has 21 heavy (non-hydrogen) atoms. The van der Waals surface area contributed by atoms with Crippen molar-refractivity contribution in [3.8, 4) is 0 Å². The second kappa shape index (κ2) is 5.74. The van der Waals surface area contributed by atoms with Crippen LogP contribution in [0.3, 0.4) is 0 Å². The highest BCUT2D eigenvalue weighted by Crippen LogP contribution is 2.38. The molecule has 0 fully saturated rings. The molecule has 0 saturated heterocycles. The van der Waals surface area contributed by atoms with Gasteiger partial charge in [-0.15, -0.1) is 0 Å². The molecule has 3 nitrogen and oxygen atoms in total. The Morgan fingerprint density at radius 2 is 1.71 bits per heavy atom. The lowest BCUT2D eigenvalue weighted by Gasteiger charge is -2.16. The minimum atomic E-state index is -5.22. The minimum absolute atomic E-state index is 0.164. The van der Waals surface area contributed by atoms with E-state index in [1.807, 2.05) is 0 Å². The fraction of sp³-hybridized carbons (Fsp3) is 0.333. The highest BCUT2D eigenvalue weighted by Gasteiger charge is 2.40. The second-order valence-corrected chi connectivity index (χ2v) is 3.82. The lowest BCUT2D eigenvalue weighted by molar-refractivity contribution is -0.143. The maximum atomic E-state index is 12.8. The van der Waals surface area contributed by atoms with Gasteiger partial charge in [0.05, 0.1) is 23.3 Å². The maximum Gasteiger partial charge on any atom is 0.417 e. The number of benzene rings is 1. The first-order chi connectivity index (χ1) is 9.52. The van der Waals surface area contributed by atoms with Gasteiger partial charge in [-0.1, -0.05) is 0 Å². The summed E-state index contributed by atoms with van der Waals surface area (Å²) in [6, 6.07) is -0.0522. The first-order valence-corrected chi connectivity index (χ1v) is 5.47. The van der Waals surface area contributed by atoms with E-state index in [0.717, 1.165) is 0 Å². The number of halogens is 6. The SMILES string of the molecule is CCOC(=O)c1cc(C(F)(F)F)cc(C(F)(F)F)c1C=O. The molecule has 1 aromatic carbocycles. The average molecular weight is 314 g/mol. The summed E-state index contributed by atoms with van der Waals surface area (Å²) < 4.78 is 80.5. The third-order valence-electron chi connectivity index (χ3n) is 2.43. The summed E-state index contributed by atoms with van der Waals surface area (Å²) in [7, 11) is 0. The number of carbonyl (C=O) groups is 2. The van der Waals surface area contributed by atoms with Gasteiger partial charge in [0.1, 0.15) is 0 Å². The molecule has 0 saturated carbocycles. The van der Waals surface area contributed by atoms with Crippen LogP contribution in [0.2, 0.25) is 0 Å². The zero-order chi connectivity index (χ0) is 16.4. The largest absolute Gasteiger partial charge is 0.462 e. The van der Waals surface area contributed by atoms with Crippen LogP contribution in [-0.2, 0) is 17.1 Å². The van der Waals surface area contributed by atoms with Crippen LogP contribution in [0, 0.1) is 0 Å². The summed E-state index contributed by atoms with van der Waals surface area (Å²) in [5.41, 5.74) is -5.79. The van der Waals surface area contributed by atoms with E-state index in [4.69, 9.17) is 0 Å². The summed E-state index contributed by atoms with van der Waals surface area (Å²) in [4.78, 5) is 22.2. The van der Waals surface area contributed by atoms with Gasteiger partial charge in [-0.05, 0) is 19.1 Å². The molecule has 0 aromatic heterocycles. The number of hydrogen-bond acceptors (Lipinski definition) is 3. The monoisotopic (exact) mass is 314 g/mol. The van der Waals surface area contributed by atoms with Crippen molar-refractivity contribution in [1.29, 1.82) is 0 Å². The molecule has 1 aromatic rings. The molecule has 1 rings (SSSR count). The number of ether oxygens (including phenoxy) is 1. The molecule has 116 valence electrons. The third-order valence-corrected chi connectivity index (χ3v) is 2.43. The van der Waals surface area contributed by atoms with Crippen LogP contribution in [0.15, 0.2) is 12.1 Å². The summed E-state index contributed by atoms with van der Waals surface area (Å²) >= 11 is 0. The normalized spacial score (nSPS) is 12.1. The Labute approximate surface area is 114 Å². The van der Waals surface area contributed by atoms with Gasteiger partial charge in [-0.25, -0.2) is 4.79 Å². The summed E-state index contributed by atoms with van der Waals surface area (Å²) in [5, 5.41) is 0. The van der Waals surface area contributed by atoms with Gasteiger partial charge in [0.2, 0.25) is 0 Å². The van der Waals surface area contributed by atoms with Crippen LogP contribution >= 0.6 is 0 Å². The van der Waals surface area contributed by atoms with Crippen LogP contribution < -0.4 is 0 Å². The topological polar surface area (TPSA) is 43.4 Å². The van der Waals surface area contributed by atoms with E-state index in [9.17, 15) is 35.9 Å². The van der Waals surface area contributed by atoms with Crippen molar-refractivity contribution in [3.63, 3.8) is 0 Å². The Balaban J connectivity index is 3.68. The predicted octanol–water partition coefficient (Wildman–Crippen LogP) is 3.71. The van der Waals surface area contributed by atoms with Crippen molar-refractivity contribution in [3.05, 3.63) is 34.4 Å². The van der Waals surface area contributed by atoms with Crippen molar-refractivity contribution >= 4 is 12.3 Å². The number of carbonyl (C=O) groups excluding carboxylic acids is 2. The molecule has 0 atom stereocenters. The van der Waals surface area contributed by atoms with Crippen LogP contribution in [0.1, 0.15) is 38.8 Å². The quantitative estimate of drug-likeness (QED) is 0.485. The highest BCUT2D eigenvalue weighted by molar-refractivity contribution is 5.99. The van der Waals surface area contributed by atoms with E-state index >= 15 is 0 Å². The smallest absolute Gasteiger partial charge is 0.417 e. The predicted molar refractivity (Wildman–Crippen MR) is 57.8 cm³/mol. The number of rotatable bonds is 3. The number of hydrogen-bond donors (Lipinski definition) is 0. The Morgan fingerprint density at radius 3 is 2.10 bits per heavy atom. The molecule has 0 aliphatic heterocycles. The molecule has 0 amide bonds. The van der Waals surface area contributed by atoms with Gasteiger partial charge < -0.3 is 4.74 Å². The Bertz CT molecular complexity index is 559. The number of esters is 1. The summed E-state index contributed by atoms with van der Waals surface area (Å²) in [6.07, 6.45) is -10.7. The lowest BCUT2D eigenvalue weighted by Crippen LogP contribution is -2.18. The van der Waals surface area contributed by atoms with Gasteiger partial charge in [-0.2, -0.15) is 26.3 Å². The number of aldehydes is 1. The van der Waals surface area contributed by atoms with E-state index in [-0.39, 0.29) is 25.0 Å². The van der Waals surface area contributed by atoms with Gasteiger partial charge in [-0.3, -0.25) is 4.79 Å². The Kier molecular flexibility index (Phi) is 4.65. The molecular formula is C12H8F6O3. The summed E-state index contributed by atoms with van der Waals surface area (Å²) in [6.45, 7) is 1.05. The summed E-state index contributed by atoms with van der Waals surface area (Å²) in [5.74, 6) is -1.43. The average Bonchev–Trinajstić information content (AvgIpc) is 2.35. The van der Waals surface area contributed by atoms with Crippen molar-refractivity contribution in [1.82, 2.24) is 0 Å². The van der Waals surface area contributed by atoms with Crippen molar-refractivity contribution < 1.29 is 40.7 Å². The van der Waals surface area contributed by atoms with Gasteiger partial charge in [0.15, 0.2) is 6.29 Å². The minimum Gasteiger partial charge on any atom is -0.462 e. The van der Waals surface area contributed by atoms with Crippen LogP contribution in [0.4, 0.5) is 26.3 Å². The highest BCUT2D eigenvalue weighted by atomic mass is 19.4. The van der Waals surface area contributed by atoms with Crippen molar-refractivity contribution in [2.75, 3.05) is 6.61 Å². The molecule has 0 N–H and O–H groups in total. The van der Waals surface area contributed by atoms with Gasteiger partial charge in [0.25, 0.3) is 0 Å². The molecule has 0 radical (unpaired) electrons. The molecule has 0 unspecified atom stereocenters. The van der Waals surface area contributed by atoms with Crippen LogP contribution in [0.5, 0.6) is 0 Å². The van der Waals surface area contributed by atoms with Gasteiger partial charge in [0, 0.05) is 5.56 Å². The number of alkyl halides is 6. The van der Waals surface area contributed by atoms with Crippen LogP contribution in [-0.4, -0.2) is 18.9 Å². The molecule has 0 spiro atoms. The molecule has 0 aliphatic rings. The fourth-order valence-corrected chi connectivity index (χ4v) is 1.56. The molecule has 0 heterocycles. The van der Waals surface area contributed by atoms with Gasteiger partial charge >= 0.3 is 18.3 Å². The zero-order valence-corrected chi connectivity index (χ0v) is 10.4. The van der Waals surface area contributed by atoms with E-state index in [2.05, 4.69) is 4.74 Å². The van der Waals surface area contributed by atoms with E-state index < -0.39 is 40.6 Å². The Morgan fingerprint density at radius 1 is 1.14 bits per heavy atom. The Hall–Kier alpha value is -2.06. The standard InChI is InChI=1S/C12H8F6O3/c1-2-21-10(20)7-3-6(11(13,14)15)4-9(8(7)5-19)12(16,17)18/h3-5H,2H2,1H3. The first kappa shape index (κ1) is 17.0. The zero-order valence-electron chi connectivity index (χ0n) is 10.4. The van der Waals surface area contributed by atoms with Crippen molar-refractivity contribution in [2.24, 2.45) is 0 Å². The third kappa shape index (κ3) is 3.73. The van der Waals surface area contributed by atoms with Crippen molar-refractivity contribution in [2.45, 2.75) is 19.3 Å². The fourth-order valence-electron chi connectivity index (χ4n) is 1.56. The maximum absolute atomic E-state index is 12.8. The van der Waals surface area contributed by atoms with Crippen LogP contribution in [0.25, 0.3) is 0 Å². The molecule has 9 heteroatoms. The molecule has 0 bridgehead atoms. The van der Waals surface area contributed by atoms with E-state index in [1.165, 1.54) is 6.92 Å². The first-order valence-electron chi connectivity index (χ1n) is 5.47. The lowest BCUT2D eigenvalue weighted by atomic mass is 9.97. The molecule has 0 aliphatic carbocycles. The van der Waals surface area contributed by atoms with E-state index in [0.29, 0.717) is 0 Å². The second-order valence-electron chi connectivity index (χ2n) is 3.82. The van der Waals surface area contributed by atoms with E-state index in [1.54, 1.807) is 0 Å². The molecular weight excluding hydrogens is 306 g/mol.